The van der Waals surface area contributed by atoms with Crippen LogP contribution in [0.1, 0.15) is 11.3 Å². The molecule has 2 rings (SSSR count). The van der Waals surface area contributed by atoms with E-state index in [9.17, 15) is 14.0 Å². The van der Waals surface area contributed by atoms with Gasteiger partial charge in [0.15, 0.2) is 0 Å². The zero-order valence-corrected chi connectivity index (χ0v) is 10.6. The van der Waals surface area contributed by atoms with Crippen LogP contribution in [0.4, 0.5) is 4.39 Å². The highest BCUT2D eigenvalue weighted by Gasteiger charge is 2.03. The molecule has 0 bridgehead atoms. The quantitative estimate of drug-likeness (QED) is 0.638. The topological polar surface area (TPSA) is 56.5 Å². The first-order chi connectivity index (χ1) is 9.52. The number of aryl methyl sites for hydroxylation is 1. The fraction of sp³-hybridized carbons (Fsp3) is 0.0667. The van der Waals surface area contributed by atoms with Crippen molar-refractivity contribution in [2.45, 2.75) is 6.92 Å². The second kappa shape index (κ2) is 5.97. The molecule has 1 aromatic carbocycles. The van der Waals surface area contributed by atoms with E-state index >= 15 is 0 Å². The molecule has 1 heterocycles. The lowest BCUT2D eigenvalue weighted by atomic mass is 10.2. The van der Waals surface area contributed by atoms with E-state index in [1.54, 1.807) is 13.0 Å². The second-order valence-electron chi connectivity index (χ2n) is 4.03. The van der Waals surface area contributed by atoms with E-state index in [2.05, 4.69) is 0 Å². The Balaban J connectivity index is 2.07. The van der Waals surface area contributed by atoms with Gasteiger partial charge in [-0.05, 0) is 30.7 Å². The largest absolute Gasteiger partial charge is 0.428 e. The summed E-state index contributed by atoms with van der Waals surface area (Å²) in [5, 5.41) is 0. The molecular weight excluding hydrogens is 263 g/mol. The van der Waals surface area contributed by atoms with Crippen LogP contribution in [0, 0.1) is 12.7 Å². The Kier molecular flexibility index (Phi) is 4.10. The number of ether oxygens (including phenoxy) is 1. The van der Waals surface area contributed by atoms with Gasteiger partial charge in [-0.3, -0.25) is 0 Å². The first-order valence-electron chi connectivity index (χ1n) is 5.80. The summed E-state index contributed by atoms with van der Waals surface area (Å²) in [7, 11) is 0. The molecule has 0 aliphatic heterocycles. The van der Waals surface area contributed by atoms with Gasteiger partial charge in [-0.15, -0.1) is 0 Å². The zero-order valence-electron chi connectivity index (χ0n) is 10.6. The molecule has 0 amide bonds. The van der Waals surface area contributed by atoms with Gasteiger partial charge in [0.2, 0.25) is 0 Å². The van der Waals surface area contributed by atoms with E-state index in [0.717, 1.165) is 12.1 Å². The number of rotatable bonds is 3. The third-order valence-electron chi connectivity index (χ3n) is 2.35. The Morgan fingerprint density at radius 2 is 2.10 bits per heavy atom. The molecular formula is C15H11FO4. The van der Waals surface area contributed by atoms with E-state index in [0.29, 0.717) is 11.3 Å². The van der Waals surface area contributed by atoms with E-state index in [-0.39, 0.29) is 5.75 Å². The number of esters is 1. The number of hydrogen-bond acceptors (Lipinski definition) is 4. The van der Waals surface area contributed by atoms with Crippen LogP contribution in [0.25, 0.3) is 6.08 Å². The van der Waals surface area contributed by atoms with Gasteiger partial charge in [-0.25, -0.2) is 14.0 Å². The fourth-order valence-corrected chi connectivity index (χ4v) is 1.56. The summed E-state index contributed by atoms with van der Waals surface area (Å²) < 4.78 is 22.6. The summed E-state index contributed by atoms with van der Waals surface area (Å²) in [5.41, 5.74) is -0.0624. The van der Waals surface area contributed by atoms with Gasteiger partial charge in [-0.1, -0.05) is 12.1 Å². The minimum atomic E-state index is -0.667. The minimum Gasteiger partial charge on any atom is -0.428 e. The zero-order chi connectivity index (χ0) is 14.5. The molecule has 0 saturated carbocycles. The predicted octanol–water partition coefficient (Wildman–Crippen LogP) is 2.71. The molecule has 0 saturated heterocycles. The Morgan fingerprint density at radius 3 is 2.80 bits per heavy atom. The van der Waals surface area contributed by atoms with Crippen molar-refractivity contribution < 1.29 is 18.3 Å². The van der Waals surface area contributed by atoms with Crippen molar-refractivity contribution in [1.29, 1.82) is 0 Å². The molecule has 1 aromatic heterocycles. The van der Waals surface area contributed by atoms with Gasteiger partial charge >= 0.3 is 11.6 Å². The lowest BCUT2D eigenvalue weighted by molar-refractivity contribution is -0.128. The van der Waals surface area contributed by atoms with Crippen molar-refractivity contribution >= 4 is 12.0 Å². The van der Waals surface area contributed by atoms with Crippen molar-refractivity contribution in [2.24, 2.45) is 0 Å². The third-order valence-corrected chi connectivity index (χ3v) is 2.35. The summed E-state index contributed by atoms with van der Waals surface area (Å²) in [4.78, 5) is 22.6. The van der Waals surface area contributed by atoms with Crippen LogP contribution >= 0.6 is 0 Å². The van der Waals surface area contributed by atoms with Gasteiger partial charge in [-0.2, -0.15) is 0 Å². The van der Waals surface area contributed by atoms with E-state index in [1.807, 2.05) is 0 Å². The minimum absolute atomic E-state index is 0.104. The standard InChI is InChI=1S/C15H11FO4/c1-10-7-13(9-15(18)19-10)20-14(17)6-5-11-3-2-4-12(16)8-11/h2-9H,1H3/b6-5+. The van der Waals surface area contributed by atoms with Gasteiger partial charge in [0, 0.05) is 12.1 Å². The highest BCUT2D eigenvalue weighted by atomic mass is 19.1. The monoisotopic (exact) mass is 274 g/mol. The van der Waals surface area contributed by atoms with Crippen LogP contribution in [0.3, 0.4) is 0 Å². The lowest BCUT2D eigenvalue weighted by Gasteiger charge is -2.00. The highest BCUT2D eigenvalue weighted by Crippen LogP contribution is 2.10. The summed E-state index contributed by atoms with van der Waals surface area (Å²) in [6, 6.07) is 8.27. The molecule has 102 valence electrons. The van der Waals surface area contributed by atoms with Crippen LogP contribution in [0.2, 0.25) is 0 Å². The van der Waals surface area contributed by atoms with Crippen LogP contribution < -0.4 is 10.4 Å². The number of halogens is 1. The molecule has 0 atom stereocenters. The average molecular weight is 274 g/mol. The van der Waals surface area contributed by atoms with Crippen LogP contribution in [0.15, 0.2) is 51.7 Å². The fourth-order valence-electron chi connectivity index (χ4n) is 1.56. The molecule has 0 aliphatic rings. The molecule has 4 nitrogen and oxygen atoms in total. The molecule has 0 N–H and O–H groups in total. The summed E-state index contributed by atoms with van der Waals surface area (Å²) in [6.07, 6.45) is 2.57. The predicted molar refractivity (Wildman–Crippen MR) is 70.8 cm³/mol. The SMILES string of the molecule is Cc1cc(OC(=O)/C=C/c2cccc(F)c2)cc(=O)o1. The van der Waals surface area contributed by atoms with Crippen molar-refractivity contribution in [3.63, 3.8) is 0 Å². The number of hydrogen-bond donors (Lipinski definition) is 0. The molecule has 5 heteroatoms. The molecule has 20 heavy (non-hydrogen) atoms. The highest BCUT2D eigenvalue weighted by molar-refractivity contribution is 5.88. The third kappa shape index (κ3) is 3.91. The van der Waals surface area contributed by atoms with Crippen molar-refractivity contribution in [2.75, 3.05) is 0 Å². The van der Waals surface area contributed by atoms with Gasteiger partial charge in [0.25, 0.3) is 0 Å². The van der Waals surface area contributed by atoms with E-state index in [4.69, 9.17) is 9.15 Å². The van der Waals surface area contributed by atoms with E-state index in [1.165, 1.54) is 30.3 Å². The van der Waals surface area contributed by atoms with Gasteiger partial charge in [0.1, 0.15) is 17.3 Å². The van der Waals surface area contributed by atoms with Crippen LogP contribution in [-0.4, -0.2) is 5.97 Å². The van der Waals surface area contributed by atoms with Gasteiger partial charge < -0.3 is 9.15 Å². The Hall–Kier alpha value is -2.69. The normalized spacial score (nSPS) is 10.7. The Bertz CT molecular complexity index is 716. The van der Waals surface area contributed by atoms with Crippen molar-refractivity contribution in [1.82, 2.24) is 0 Å². The van der Waals surface area contributed by atoms with Crippen LogP contribution in [0.5, 0.6) is 5.75 Å². The smallest absolute Gasteiger partial charge is 0.339 e. The first kappa shape index (κ1) is 13.7. The number of carbonyl (C=O) groups excluding carboxylic acids is 1. The average Bonchev–Trinajstić information content (AvgIpc) is 2.35. The maximum Gasteiger partial charge on any atom is 0.339 e. The molecule has 2 aromatic rings. The van der Waals surface area contributed by atoms with Crippen molar-refractivity contribution in [3.8, 4) is 5.75 Å². The van der Waals surface area contributed by atoms with E-state index < -0.39 is 17.4 Å². The van der Waals surface area contributed by atoms with Gasteiger partial charge in [0.05, 0.1) is 6.07 Å². The van der Waals surface area contributed by atoms with Crippen molar-refractivity contribution in [3.05, 3.63) is 70.0 Å². The number of carbonyl (C=O) groups is 1. The summed E-state index contributed by atoms with van der Waals surface area (Å²) in [6.45, 7) is 1.57. The summed E-state index contributed by atoms with van der Waals surface area (Å²) in [5.74, 6) is -0.613. The number of benzene rings is 1. The Labute approximate surface area is 114 Å². The maximum absolute atomic E-state index is 12.9. The molecule has 0 fully saturated rings. The molecule has 0 unspecified atom stereocenters. The lowest BCUT2D eigenvalue weighted by Crippen LogP contribution is -2.07. The first-order valence-corrected chi connectivity index (χ1v) is 5.80. The Morgan fingerprint density at radius 1 is 1.30 bits per heavy atom. The molecule has 0 aliphatic carbocycles. The molecule has 0 radical (unpaired) electrons. The molecule has 0 spiro atoms. The second-order valence-corrected chi connectivity index (χ2v) is 4.03. The maximum atomic E-state index is 12.9. The van der Waals surface area contributed by atoms with Crippen LogP contribution in [-0.2, 0) is 4.79 Å². The summed E-state index contributed by atoms with van der Waals surface area (Å²) >= 11 is 0.